The Morgan fingerprint density at radius 1 is 1.32 bits per heavy atom. The van der Waals surface area contributed by atoms with Gasteiger partial charge < -0.3 is 10.4 Å². The van der Waals surface area contributed by atoms with Gasteiger partial charge in [0.1, 0.15) is 5.75 Å². The van der Waals surface area contributed by atoms with Gasteiger partial charge in [0, 0.05) is 33.5 Å². The molecule has 0 saturated heterocycles. The number of halogens is 1. The number of aromatic hydroxyl groups is 1. The molecule has 6 heteroatoms. The SMILES string of the molecule is Cc1c(CS(C)=O)cccc1NC(=O)c1ccc(Cl)cc1O. The lowest BCUT2D eigenvalue weighted by Gasteiger charge is -2.12. The van der Waals surface area contributed by atoms with Gasteiger partial charge in [-0.25, -0.2) is 0 Å². The topological polar surface area (TPSA) is 66.4 Å². The van der Waals surface area contributed by atoms with Crippen LogP contribution in [0.5, 0.6) is 5.75 Å². The van der Waals surface area contributed by atoms with Crippen molar-refractivity contribution < 1.29 is 14.1 Å². The molecule has 22 heavy (non-hydrogen) atoms. The molecule has 0 heterocycles. The van der Waals surface area contributed by atoms with Gasteiger partial charge in [0.15, 0.2) is 0 Å². The van der Waals surface area contributed by atoms with Crippen LogP contribution in [0.25, 0.3) is 0 Å². The highest BCUT2D eigenvalue weighted by atomic mass is 35.5. The maximum absolute atomic E-state index is 12.3. The molecule has 0 aliphatic carbocycles. The number of hydrogen-bond acceptors (Lipinski definition) is 3. The summed E-state index contributed by atoms with van der Waals surface area (Å²) in [7, 11) is -0.957. The van der Waals surface area contributed by atoms with Gasteiger partial charge in [0.2, 0.25) is 0 Å². The predicted molar refractivity (Wildman–Crippen MR) is 90.0 cm³/mol. The van der Waals surface area contributed by atoms with Crippen molar-refractivity contribution in [2.24, 2.45) is 0 Å². The summed E-state index contributed by atoms with van der Waals surface area (Å²) in [4.78, 5) is 12.3. The Hall–Kier alpha value is -1.85. The summed E-state index contributed by atoms with van der Waals surface area (Å²) in [5.41, 5.74) is 2.55. The van der Waals surface area contributed by atoms with Crippen LogP contribution in [0.3, 0.4) is 0 Å². The molecule has 116 valence electrons. The van der Waals surface area contributed by atoms with Gasteiger partial charge in [-0.05, 0) is 42.3 Å². The zero-order valence-corrected chi connectivity index (χ0v) is 13.8. The number of phenols is 1. The number of amides is 1. The number of anilines is 1. The summed E-state index contributed by atoms with van der Waals surface area (Å²) in [6, 6.07) is 9.77. The number of hydrogen-bond donors (Lipinski definition) is 2. The molecule has 1 atom stereocenters. The van der Waals surface area contributed by atoms with E-state index in [1.165, 1.54) is 12.1 Å². The molecule has 0 saturated carbocycles. The lowest BCUT2D eigenvalue weighted by atomic mass is 10.1. The highest BCUT2D eigenvalue weighted by molar-refractivity contribution is 7.83. The van der Waals surface area contributed by atoms with Crippen LogP contribution in [0.2, 0.25) is 5.02 Å². The molecule has 0 aliphatic heterocycles. The lowest BCUT2D eigenvalue weighted by molar-refractivity contribution is 0.102. The van der Waals surface area contributed by atoms with E-state index in [9.17, 15) is 14.1 Å². The van der Waals surface area contributed by atoms with E-state index in [1.807, 2.05) is 13.0 Å². The van der Waals surface area contributed by atoms with E-state index in [4.69, 9.17) is 11.6 Å². The second-order valence-corrected chi connectivity index (χ2v) is 6.79. The number of benzene rings is 2. The molecular formula is C16H16ClNO3S. The monoisotopic (exact) mass is 337 g/mol. The maximum atomic E-state index is 12.3. The van der Waals surface area contributed by atoms with Crippen molar-refractivity contribution in [2.75, 3.05) is 11.6 Å². The van der Waals surface area contributed by atoms with Crippen LogP contribution in [-0.4, -0.2) is 21.5 Å². The molecule has 0 aromatic heterocycles. The molecule has 2 rings (SSSR count). The van der Waals surface area contributed by atoms with Gasteiger partial charge in [0.05, 0.1) is 5.56 Å². The molecule has 0 fully saturated rings. The molecule has 0 radical (unpaired) electrons. The molecule has 4 nitrogen and oxygen atoms in total. The summed E-state index contributed by atoms with van der Waals surface area (Å²) in [5.74, 6) is -0.164. The third-order valence-corrected chi connectivity index (χ3v) is 4.21. The Kier molecular flexibility index (Phi) is 5.21. The van der Waals surface area contributed by atoms with E-state index >= 15 is 0 Å². The van der Waals surface area contributed by atoms with Crippen LogP contribution < -0.4 is 5.32 Å². The largest absolute Gasteiger partial charge is 0.507 e. The number of nitrogens with one attached hydrogen (secondary N) is 1. The van der Waals surface area contributed by atoms with Crippen LogP contribution in [0.15, 0.2) is 36.4 Å². The summed E-state index contributed by atoms with van der Waals surface area (Å²) in [5, 5.41) is 12.9. The predicted octanol–water partition coefficient (Wildman–Crippen LogP) is 3.48. The first kappa shape index (κ1) is 16.5. The van der Waals surface area contributed by atoms with Crippen molar-refractivity contribution >= 4 is 34.0 Å². The smallest absolute Gasteiger partial charge is 0.259 e. The fourth-order valence-electron chi connectivity index (χ4n) is 2.08. The number of carbonyl (C=O) groups is 1. The molecule has 1 amide bonds. The van der Waals surface area contributed by atoms with Gasteiger partial charge in [-0.1, -0.05) is 23.7 Å². The number of rotatable bonds is 4. The zero-order valence-electron chi connectivity index (χ0n) is 12.2. The molecule has 0 bridgehead atoms. The van der Waals surface area contributed by atoms with Gasteiger partial charge >= 0.3 is 0 Å². The fraction of sp³-hybridized carbons (Fsp3) is 0.188. The van der Waals surface area contributed by atoms with Crippen LogP contribution in [0.4, 0.5) is 5.69 Å². The Morgan fingerprint density at radius 3 is 2.68 bits per heavy atom. The first-order valence-electron chi connectivity index (χ1n) is 6.57. The van der Waals surface area contributed by atoms with Crippen LogP contribution in [0.1, 0.15) is 21.5 Å². The minimum Gasteiger partial charge on any atom is -0.507 e. The third kappa shape index (κ3) is 3.87. The van der Waals surface area contributed by atoms with Crippen molar-refractivity contribution in [1.29, 1.82) is 0 Å². The molecular weight excluding hydrogens is 322 g/mol. The average molecular weight is 338 g/mol. The Balaban J connectivity index is 2.27. The van der Waals surface area contributed by atoms with Gasteiger partial charge in [-0.3, -0.25) is 9.00 Å². The van der Waals surface area contributed by atoms with E-state index in [2.05, 4.69) is 5.32 Å². The van der Waals surface area contributed by atoms with Crippen molar-refractivity contribution in [1.82, 2.24) is 0 Å². The molecule has 2 N–H and O–H groups in total. The van der Waals surface area contributed by atoms with Gasteiger partial charge in [0.25, 0.3) is 5.91 Å². The zero-order chi connectivity index (χ0) is 16.3. The maximum Gasteiger partial charge on any atom is 0.259 e. The summed E-state index contributed by atoms with van der Waals surface area (Å²) in [6.45, 7) is 1.86. The highest BCUT2D eigenvalue weighted by Crippen LogP contribution is 2.25. The highest BCUT2D eigenvalue weighted by Gasteiger charge is 2.14. The van der Waals surface area contributed by atoms with Gasteiger partial charge in [-0.15, -0.1) is 0 Å². The van der Waals surface area contributed by atoms with Crippen molar-refractivity contribution in [2.45, 2.75) is 12.7 Å². The summed E-state index contributed by atoms with van der Waals surface area (Å²) in [6.07, 6.45) is 1.64. The number of phenolic OH excluding ortho intramolecular Hbond substituents is 1. The van der Waals surface area contributed by atoms with E-state index in [0.29, 0.717) is 16.5 Å². The summed E-state index contributed by atoms with van der Waals surface area (Å²) < 4.78 is 11.4. The quantitative estimate of drug-likeness (QED) is 0.897. The van der Waals surface area contributed by atoms with E-state index in [0.717, 1.165) is 11.1 Å². The fourth-order valence-corrected chi connectivity index (χ4v) is 3.00. The first-order valence-corrected chi connectivity index (χ1v) is 8.67. The van der Waals surface area contributed by atoms with Crippen LogP contribution >= 0.6 is 11.6 Å². The Bertz CT molecular complexity index is 746. The Morgan fingerprint density at radius 2 is 2.05 bits per heavy atom. The first-order chi connectivity index (χ1) is 10.4. The minimum atomic E-state index is -0.957. The normalized spacial score (nSPS) is 12.0. The van der Waals surface area contributed by atoms with Crippen LogP contribution in [-0.2, 0) is 16.6 Å². The standard InChI is InChI=1S/C16H16ClNO3S/c1-10-11(9-22(2)21)4-3-5-14(10)18-16(20)13-7-6-12(17)8-15(13)19/h3-8,19H,9H2,1-2H3,(H,18,20). The van der Waals surface area contributed by atoms with Crippen molar-refractivity contribution in [3.05, 3.63) is 58.1 Å². The molecule has 0 spiro atoms. The second-order valence-electron chi connectivity index (χ2n) is 4.92. The minimum absolute atomic E-state index is 0.147. The molecule has 2 aromatic rings. The van der Waals surface area contributed by atoms with Crippen molar-refractivity contribution in [3.63, 3.8) is 0 Å². The third-order valence-electron chi connectivity index (χ3n) is 3.26. The summed E-state index contributed by atoms with van der Waals surface area (Å²) >= 11 is 5.76. The van der Waals surface area contributed by atoms with Gasteiger partial charge in [-0.2, -0.15) is 0 Å². The van der Waals surface area contributed by atoms with Crippen molar-refractivity contribution in [3.8, 4) is 5.75 Å². The van der Waals surface area contributed by atoms with Crippen LogP contribution in [0, 0.1) is 6.92 Å². The second kappa shape index (κ2) is 6.94. The molecule has 0 aliphatic rings. The average Bonchev–Trinajstić information content (AvgIpc) is 2.42. The lowest BCUT2D eigenvalue weighted by Crippen LogP contribution is -2.13. The molecule has 1 unspecified atom stereocenters. The number of carbonyl (C=O) groups excluding carboxylic acids is 1. The Labute approximate surface area is 136 Å². The van der Waals surface area contributed by atoms with E-state index < -0.39 is 16.7 Å². The van der Waals surface area contributed by atoms with E-state index in [1.54, 1.807) is 24.5 Å². The van der Waals surface area contributed by atoms with E-state index in [-0.39, 0.29) is 11.3 Å². The molecule has 2 aromatic carbocycles.